The highest BCUT2D eigenvalue weighted by Crippen LogP contribution is 2.34. The Bertz CT molecular complexity index is 1020. The number of aryl methyl sites for hydroxylation is 2. The number of carbonyl (C=O) groups is 2. The van der Waals surface area contributed by atoms with Crippen LogP contribution in [0.3, 0.4) is 0 Å². The maximum atomic E-state index is 12.5. The molecule has 7 heteroatoms. The van der Waals surface area contributed by atoms with E-state index in [-0.39, 0.29) is 17.7 Å². The fourth-order valence-corrected chi connectivity index (χ4v) is 4.42. The SMILES string of the molecule is CCc1ccc(N2C[C@H](c3nnc(NC(=O)CCc4ccccc4)s3)CC2=O)cc1. The first-order valence-corrected chi connectivity index (χ1v) is 11.0. The fourth-order valence-electron chi connectivity index (χ4n) is 3.57. The molecule has 30 heavy (non-hydrogen) atoms. The van der Waals surface area contributed by atoms with E-state index in [4.69, 9.17) is 0 Å². The Morgan fingerprint density at radius 1 is 1.10 bits per heavy atom. The number of aromatic nitrogens is 2. The predicted octanol–water partition coefficient (Wildman–Crippen LogP) is 4.19. The van der Waals surface area contributed by atoms with Crippen molar-refractivity contribution in [3.63, 3.8) is 0 Å². The summed E-state index contributed by atoms with van der Waals surface area (Å²) in [6, 6.07) is 18.0. The maximum Gasteiger partial charge on any atom is 0.227 e. The molecule has 0 radical (unpaired) electrons. The largest absolute Gasteiger partial charge is 0.312 e. The molecule has 1 fully saturated rings. The van der Waals surface area contributed by atoms with Crippen LogP contribution in [-0.4, -0.2) is 28.6 Å². The van der Waals surface area contributed by atoms with Crippen molar-refractivity contribution in [2.45, 2.75) is 38.5 Å². The fraction of sp³-hybridized carbons (Fsp3) is 0.304. The van der Waals surface area contributed by atoms with Gasteiger partial charge in [0.25, 0.3) is 0 Å². The zero-order valence-corrected chi connectivity index (χ0v) is 17.7. The van der Waals surface area contributed by atoms with Gasteiger partial charge in [-0.3, -0.25) is 9.59 Å². The summed E-state index contributed by atoms with van der Waals surface area (Å²) in [4.78, 5) is 26.6. The lowest BCUT2D eigenvalue weighted by molar-refractivity contribution is -0.117. The van der Waals surface area contributed by atoms with Crippen LogP contribution in [0.1, 0.15) is 41.8 Å². The van der Waals surface area contributed by atoms with Crippen LogP contribution in [0.4, 0.5) is 10.8 Å². The summed E-state index contributed by atoms with van der Waals surface area (Å²) in [5, 5.41) is 12.4. The number of carbonyl (C=O) groups excluding carboxylic acids is 2. The lowest BCUT2D eigenvalue weighted by Crippen LogP contribution is -2.24. The van der Waals surface area contributed by atoms with Gasteiger partial charge in [0.1, 0.15) is 5.01 Å². The van der Waals surface area contributed by atoms with Gasteiger partial charge in [0.2, 0.25) is 16.9 Å². The van der Waals surface area contributed by atoms with E-state index in [1.807, 2.05) is 47.4 Å². The smallest absolute Gasteiger partial charge is 0.227 e. The Morgan fingerprint density at radius 2 is 1.87 bits per heavy atom. The first kappa shape index (κ1) is 20.2. The summed E-state index contributed by atoms with van der Waals surface area (Å²) in [5.41, 5.74) is 3.29. The Kier molecular flexibility index (Phi) is 6.18. The van der Waals surface area contributed by atoms with Crippen LogP contribution in [0.2, 0.25) is 0 Å². The third kappa shape index (κ3) is 4.74. The number of nitrogens with zero attached hydrogens (tertiary/aromatic N) is 3. The molecule has 1 aliphatic rings. The van der Waals surface area contributed by atoms with E-state index in [2.05, 4.69) is 34.6 Å². The third-order valence-electron chi connectivity index (χ3n) is 5.30. The molecule has 2 heterocycles. The first-order chi connectivity index (χ1) is 14.6. The van der Waals surface area contributed by atoms with Crippen LogP contribution in [0.5, 0.6) is 0 Å². The second-order valence-electron chi connectivity index (χ2n) is 7.40. The highest BCUT2D eigenvalue weighted by molar-refractivity contribution is 7.15. The molecule has 1 saturated heterocycles. The lowest BCUT2D eigenvalue weighted by Gasteiger charge is -2.16. The van der Waals surface area contributed by atoms with Crippen molar-refractivity contribution in [2.75, 3.05) is 16.8 Å². The molecule has 0 unspecified atom stereocenters. The zero-order valence-electron chi connectivity index (χ0n) is 16.9. The molecule has 0 saturated carbocycles. The highest BCUT2D eigenvalue weighted by atomic mass is 32.1. The average Bonchev–Trinajstić information content (AvgIpc) is 3.39. The average molecular weight is 421 g/mol. The van der Waals surface area contributed by atoms with Crippen molar-refractivity contribution >= 4 is 34.0 Å². The van der Waals surface area contributed by atoms with E-state index in [1.165, 1.54) is 16.9 Å². The van der Waals surface area contributed by atoms with Crippen molar-refractivity contribution in [3.8, 4) is 0 Å². The minimum Gasteiger partial charge on any atom is -0.312 e. The van der Waals surface area contributed by atoms with Crippen molar-refractivity contribution in [1.82, 2.24) is 10.2 Å². The Morgan fingerprint density at radius 3 is 2.60 bits per heavy atom. The summed E-state index contributed by atoms with van der Waals surface area (Å²) in [7, 11) is 0. The van der Waals surface area contributed by atoms with Gasteiger partial charge in [-0.25, -0.2) is 0 Å². The first-order valence-electron chi connectivity index (χ1n) is 10.2. The van der Waals surface area contributed by atoms with Crippen molar-refractivity contribution in [2.24, 2.45) is 0 Å². The van der Waals surface area contributed by atoms with Crippen molar-refractivity contribution in [1.29, 1.82) is 0 Å². The number of anilines is 2. The molecular formula is C23H24N4O2S. The molecule has 1 N–H and O–H groups in total. The lowest BCUT2D eigenvalue weighted by atomic mass is 10.1. The Hall–Kier alpha value is -3.06. The van der Waals surface area contributed by atoms with Crippen LogP contribution in [0.15, 0.2) is 54.6 Å². The predicted molar refractivity (Wildman–Crippen MR) is 119 cm³/mol. The number of nitrogens with one attached hydrogen (secondary N) is 1. The molecule has 2 amide bonds. The zero-order chi connectivity index (χ0) is 20.9. The van der Waals surface area contributed by atoms with E-state index in [1.54, 1.807) is 0 Å². The standard InChI is InChI=1S/C23H24N4O2S/c1-2-16-8-11-19(12-9-16)27-15-18(14-21(27)29)22-25-26-23(30-22)24-20(28)13-10-17-6-4-3-5-7-17/h3-9,11-12,18H,2,10,13-15H2,1H3,(H,24,26,28)/t18-/m1/s1. The Labute approximate surface area is 180 Å². The molecule has 0 aliphatic carbocycles. The summed E-state index contributed by atoms with van der Waals surface area (Å²) < 4.78 is 0. The maximum absolute atomic E-state index is 12.5. The molecular weight excluding hydrogens is 396 g/mol. The highest BCUT2D eigenvalue weighted by Gasteiger charge is 2.33. The normalized spacial score (nSPS) is 16.1. The quantitative estimate of drug-likeness (QED) is 0.622. The van der Waals surface area contributed by atoms with Crippen molar-refractivity contribution in [3.05, 3.63) is 70.7 Å². The number of rotatable bonds is 7. The molecule has 2 aromatic carbocycles. The van der Waals surface area contributed by atoms with Crippen LogP contribution in [-0.2, 0) is 22.4 Å². The molecule has 1 atom stereocenters. The van der Waals surface area contributed by atoms with Gasteiger partial charge < -0.3 is 10.2 Å². The molecule has 154 valence electrons. The van der Waals surface area contributed by atoms with E-state index in [0.717, 1.165) is 22.7 Å². The molecule has 1 aliphatic heterocycles. The van der Waals surface area contributed by atoms with Gasteiger partial charge in [-0.2, -0.15) is 0 Å². The molecule has 0 bridgehead atoms. The molecule has 6 nitrogen and oxygen atoms in total. The second kappa shape index (κ2) is 9.17. The van der Waals surface area contributed by atoms with E-state index < -0.39 is 0 Å². The molecule has 0 spiro atoms. The van der Waals surface area contributed by atoms with Gasteiger partial charge in [-0.15, -0.1) is 10.2 Å². The number of hydrogen-bond donors (Lipinski definition) is 1. The van der Waals surface area contributed by atoms with Gasteiger partial charge in [0, 0.05) is 31.0 Å². The van der Waals surface area contributed by atoms with Crippen LogP contribution in [0.25, 0.3) is 0 Å². The number of hydrogen-bond acceptors (Lipinski definition) is 5. The summed E-state index contributed by atoms with van der Waals surface area (Å²) in [6.07, 6.45) is 2.46. The van der Waals surface area contributed by atoms with E-state index >= 15 is 0 Å². The van der Waals surface area contributed by atoms with Gasteiger partial charge in [-0.1, -0.05) is 60.7 Å². The summed E-state index contributed by atoms with van der Waals surface area (Å²) in [5.74, 6) is 0.00501. The number of amides is 2. The van der Waals surface area contributed by atoms with Gasteiger partial charge >= 0.3 is 0 Å². The molecule has 1 aromatic heterocycles. The Balaban J connectivity index is 1.34. The summed E-state index contributed by atoms with van der Waals surface area (Å²) in [6.45, 7) is 2.69. The van der Waals surface area contributed by atoms with Crippen molar-refractivity contribution < 1.29 is 9.59 Å². The van der Waals surface area contributed by atoms with Gasteiger partial charge in [-0.05, 0) is 36.1 Å². The van der Waals surface area contributed by atoms with Crippen LogP contribution < -0.4 is 10.2 Å². The third-order valence-corrected chi connectivity index (χ3v) is 6.30. The van der Waals surface area contributed by atoms with Gasteiger partial charge in [0.05, 0.1) is 0 Å². The summed E-state index contributed by atoms with van der Waals surface area (Å²) >= 11 is 1.35. The van der Waals surface area contributed by atoms with Gasteiger partial charge in [0.15, 0.2) is 0 Å². The monoisotopic (exact) mass is 420 g/mol. The molecule has 4 rings (SSSR count). The topological polar surface area (TPSA) is 75.2 Å². The minimum atomic E-state index is -0.0818. The van der Waals surface area contributed by atoms with Crippen LogP contribution >= 0.6 is 11.3 Å². The second-order valence-corrected chi connectivity index (χ2v) is 8.41. The molecule has 3 aromatic rings. The van der Waals surface area contributed by atoms with E-state index in [9.17, 15) is 9.59 Å². The van der Waals surface area contributed by atoms with Crippen LogP contribution in [0, 0.1) is 0 Å². The van der Waals surface area contributed by atoms with E-state index in [0.29, 0.717) is 30.9 Å². The number of benzene rings is 2. The minimum absolute atomic E-state index is 0.00387.